The second-order valence-corrected chi connectivity index (χ2v) is 8.75. The number of hydrogen-bond acceptors (Lipinski definition) is 3. The number of rotatable bonds is 10. The average Bonchev–Trinajstić information content (AvgIpc) is 2.78. The maximum Gasteiger partial charge on any atom is 0.200 e. The first-order valence-corrected chi connectivity index (χ1v) is 11.6. The van der Waals surface area contributed by atoms with Gasteiger partial charge in [-0.3, -0.25) is 0 Å². The van der Waals surface area contributed by atoms with Crippen LogP contribution in [0.3, 0.4) is 0 Å². The van der Waals surface area contributed by atoms with Crippen molar-refractivity contribution in [3.63, 3.8) is 0 Å². The number of allylic oxidation sites excluding steroid dienone is 1. The molecule has 0 spiro atoms. The van der Waals surface area contributed by atoms with Crippen LogP contribution in [0, 0.1) is 23.5 Å². The molecule has 0 amide bonds. The second-order valence-electron chi connectivity index (χ2n) is 8.75. The molecule has 0 radical (unpaired) electrons. The largest absolute Gasteiger partial charge is 0.490 e. The Kier molecular flexibility index (Phi) is 9.13. The van der Waals surface area contributed by atoms with Crippen molar-refractivity contribution in [3.05, 3.63) is 42.0 Å². The third-order valence-electron chi connectivity index (χ3n) is 6.48. The molecule has 2 atom stereocenters. The molecule has 0 N–H and O–H groups in total. The van der Waals surface area contributed by atoms with E-state index < -0.39 is 11.6 Å². The van der Waals surface area contributed by atoms with E-state index in [-0.39, 0.29) is 18.0 Å². The van der Waals surface area contributed by atoms with E-state index in [4.69, 9.17) is 14.2 Å². The predicted octanol–water partition coefficient (Wildman–Crippen LogP) is 6.76. The SMILES string of the molecule is C=CCCC1CCC(COC2CCC(c3ccc(OCCC)c(F)c3F)CO2)CC1. The fourth-order valence-electron chi connectivity index (χ4n) is 4.57. The van der Waals surface area contributed by atoms with Gasteiger partial charge in [0.05, 0.1) is 19.8 Å². The van der Waals surface area contributed by atoms with Crippen molar-refractivity contribution in [3.8, 4) is 5.75 Å². The highest BCUT2D eigenvalue weighted by atomic mass is 19.2. The molecule has 1 aliphatic carbocycles. The Bertz CT molecular complexity index is 663. The molecular weight excluding hydrogens is 386 g/mol. The van der Waals surface area contributed by atoms with E-state index in [1.54, 1.807) is 6.07 Å². The molecule has 1 aromatic carbocycles. The maximum atomic E-state index is 14.5. The molecule has 168 valence electrons. The summed E-state index contributed by atoms with van der Waals surface area (Å²) in [6.45, 7) is 7.19. The quantitative estimate of drug-likeness (QED) is 0.390. The first kappa shape index (κ1) is 23.2. The highest BCUT2D eigenvalue weighted by Crippen LogP contribution is 2.35. The van der Waals surface area contributed by atoms with Crippen LogP contribution in [0.4, 0.5) is 8.78 Å². The summed E-state index contributed by atoms with van der Waals surface area (Å²) in [6.07, 6.45) is 11.3. The van der Waals surface area contributed by atoms with Crippen molar-refractivity contribution in [1.29, 1.82) is 0 Å². The molecule has 2 unspecified atom stereocenters. The van der Waals surface area contributed by atoms with Gasteiger partial charge < -0.3 is 14.2 Å². The number of halogens is 2. The van der Waals surface area contributed by atoms with Crippen LogP contribution >= 0.6 is 0 Å². The topological polar surface area (TPSA) is 27.7 Å². The van der Waals surface area contributed by atoms with E-state index in [1.807, 2.05) is 13.0 Å². The van der Waals surface area contributed by atoms with Crippen LogP contribution in [0.2, 0.25) is 0 Å². The molecule has 3 rings (SSSR count). The molecule has 5 heteroatoms. The van der Waals surface area contributed by atoms with Crippen LogP contribution in [0.25, 0.3) is 0 Å². The van der Waals surface area contributed by atoms with Gasteiger partial charge in [-0.2, -0.15) is 4.39 Å². The Morgan fingerprint density at radius 2 is 1.83 bits per heavy atom. The molecule has 1 aliphatic heterocycles. The molecule has 2 aliphatic rings. The summed E-state index contributed by atoms with van der Waals surface area (Å²) in [7, 11) is 0. The summed E-state index contributed by atoms with van der Waals surface area (Å²) < 4.78 is 45.9. The summed E-state index contributed by atoms with van der Waals surface area (Å²) in [5, 5.41) is 0. The molecule has 30 heavy (non-hydrogen) atoms. The maximum absolute atomic E-state index is 14.5. The van der Waals surface area contributed by atoms with Crippen molar-refractivity contribution in [2.75, 3.05) is 19.8 Å². The minimum Gasteiger partial charge on any atom is -0.490 e. The highest BCUT2D eigenvalue weighted by molar-refractivity contribution is 5.33. The minimum atomic E-state index is -0.900. The molecule has 1 saturated carbocycles. The summed E-state index contributed by atoms with van der Waals surface area (Å²) in [4.78, 5) is 0. The van der Waals surface area contributed by atoms with Crippen molar-refractivity contribution in [1.82, 2.24) is 0 Å². The number of hydrogen-bond donors (Lipinski definition) is 0. The highest BCUT2D eigenvalue weighted by Gasteiger charge is 2.29. The lowest BCUT2D eigenvalue weighted by Gasteiger charge is -2.32. The van der Waals surface area contributed by atoms with Crippen LogP contribution in [0.15, 0.2) is 24.8 Å². The Labute approximate surface area is 179 Å². The van der Waals surface area contributed by atoms with Gasteiger partial charge in [0.25, 0.3) is 0 Å². The monoisotopic (exact) mass is 422 g/mol. The molecule has 0 bridgehead atoms. The zero-order valence-corrected chi connectivity index (χ0v) is 18.2. The van der Waals surface area contributed by atoms with Crippen LogP contribution in [0.1, 0.15) is 76.2 Å². The standard InChI is InChI=1S/C25H36F2O3/c1-3-5-6-18-7-9-19(10-8-18)16-29-23-14-11-20(17-30-23)21-12-13-22(28-15-4-2)25(27)24(21)26/h3,12-13,18-20,23H,1,4-11,14-17H2,2H3. The van der Waals surface area contributed by atoms with E-state index >= 15 is 0 Å². The van der Waals surface area contributed by atoms with E-state index in [0.29, 0.717) is 31.1 Å². The van der Waals surface area contributed by atoms with E-state index in [9.17, 15) is 8.78 Å². The Hall–Kier alpha value is -1.46. The normalized spacial score (nSPS) is 27.0. The van der Waals surface area contributed by atoms with Gasteiger partial charge in [-0.15, -0.1) is 6.58 Å². The van der Waals surface area contributed by atoms with Gasteiger partial charge in [0.2, 0.25) is 5.82 Å². The van der Waals surface area contributed by atoms with Crippen molar-refractivity contribution in [2.45, 2.75) is 76.9 Å². The summed E-state index contributed by atoms with van der Waals surface area (Å²) in [5.74, 6) is -0.448. The third-order valence-corrected chi connectivity index (χ3v) is 6.48. The lowest BCUT2D eigenvalue weighted by Crippen LogP contribution is -2.30. The number of ether oxygens (including phenoxy) is 3. The van der Waals surface area contributed by atoms with Gasteiger partial charge in [-0.1, -0.05) is 31.9 Å². The average molecular weight is 423 g/mol. The van der Waals surface area contributed by atoms with Crippen LogP contribution < -0.4 is 4.74 Å². The van der Waals surface area contributed by atoms with Gasteiger partial charge in [0.15, 0.2) is 17.9 Å². The van der Waals surface area contributed by atoms with Crippen molar-refractivity contribution in [2.24, 2.45) is 11.8 Å². The zero-order chi connectivity index (χ0) is 21.3. The predicted molar refractivity (Wildman–Crippen MR) is 115 cm³/mol. The van der Waals surface area contributed by atoms with E-state index in [2.05, 4.69) is 6.58 Å². The first-order chi connectivity index (χ1) is 14.6. The molecule has 2 fully saturated rings. The first-order valence-electron chi connectivity index (χ1n) is 11.6. The smallest absolute Gasteiger partial charge is 0.200 e. The molecule has 0 aromatic heterocycles. The van der Waals surface area contributed by atoms with Crippen LogP contribution in [0.5, 0.6) is 5.75 Å². The van der Waals surface area contributed by atoms with Crippen molar-refractivity contribution >= 4 is 0 Å². The second kappa shape index (κ2) is 11.8. The molecule has 1 aromatic rings. The fourth-order valence-corrected chi connectivity index (χ4v) is 4.57. The van der Waals surface area contributed by atoms with Gasteiger partial charge in [-0.25, -0.2) is 4.39 Å². The van der Waals surface area contributed by atoms with E-state index in [0.717, 1.165) is 31.8 Å². The lowest BCUT2D eigenvalue weighted by molar-refractivity contribution is -0.175. The summed E-state index contributed by atoms with van der Waals surface area (Å²) >= 11 is 0. The minimum absolute atomic E-state index is 0.0183. The van der Waals surface area contributed by atoms with Gasteiger partial charge >= 0.3 is 0 Å². The van der Waals surface area contributed by atoms with Gasteiger partial charge in [0.1, 0.15) is 0 Å². The van der Waals surface area contributed by atoms with Gasteiger partial charge in [0, 0.05) is 5.92 Å². The molecule has 3 nitrogen and oxygen atoms in total. The van der Waals surface area contributed by atoms with Crippen molar-refractivity contribution < 1.29 is 23.0 Å². The molecular formula is C25H36F2O3. The van der Waals surface area contributed by atoms with Crippen LogP contribution in [-0.4, -0.2) is 26.1 Å². The lowest BCUT2D eigenvalue weighted by atomic mass is 9.80. The Morgan fingerprint density at radius 1 is 1.07 bits per heavy atom. The van der Waals surface area contributed by atoms with Gasteiger partial charge in [-0.05, 0) is 68.4 Å². The number of benzene rings is 1. The Morgan fingerprint density at radius 3 is 2.50 bits per heavy atom. The zero-order valence-electron chi connectivity index (χ0n) is 18.2. The summed E-state index contributed by atoms with van der Waals surface area (Å²) in [5.41, 5.74) is 0.368. The van der Waals surface area contributed by atoms with E-state index in [1.165, 1.54) is 38.2 Å². The molecule has 1 heterocycles. The fraction of sp³-hybridized carbons (Fsp3) is 0.680. The third kappa shape index (κ3) is 6.27. The van der Waals surface area contributed by atoms with Crippen LogP contribution in [-0.2, 0) is 9.47 Å². The molecule has 1 saturated heterocycles. The summed E-state index contributed by atoms with van der Waals surface area (Å²) in [6, 6.07) is 3.15. The Balaban J connectivity index is 1.41.